The number of alkyl carbamates (subject to hydrolysis) is 1. The molecular weight excluding hydrogens is 418 g/mol. The zero-order chi connectivity index (χ0) is 24.6. The van der Waals surface area contributed by atoms with Crippen LogP contribution in [0.15, 0.2) is 35.3 Å². The molecule has 1 aromatic carbocycles. The van der Waals surface area contributed by atoms with Gasteiger partial charge in [0.1, 0.15) is 18.0 Å². The Morgan fingerprint density at radius 2 is 1.82 bits per heavy atom. The largest absolute Gasteiger partial charge is 0.491 e. The first-order valence-corrected chi connectivity index (χ1v) is 11.3. The van der Waals surface area contributed by atoms with E-state index < -0.39 is 17.2 Å². The van der Waals surface area contributed by atoms with Crippen LogP contribution in [0.5, 0.6) is 5.75 Å². The van der Waals surface area contributed by atoms with E-state index in [0.717, 1.165) is 22.0 Å². The molecule has 1 amide bonds. The molecule has 0 spiro atoms. The number of amides is 1. The van der Waals surface area contributed by atoms with E-state index in [9.17, 15) is 9.59 Å². The number of hydrogen-bond donors (Lipinski definition) is 1. The molecule has 0 bridgehead atoms. The molecular formula is C26H35N3O4. The molecule has 33 heavy (non-hydrogen) atoms. The zero-order valence-electron chi connectivity index (χ0n) is 20.9. The number of carbonyl (C=O) groups excluding carboxylic acids is 1. The smallest absolute Gasteiger partial charge is 0.408 e. The van der Waals surface area contributed by atoms with Gasteiger partial charge in [-0.3, -0.25) is 9.78 Å². The van der Waals surface area contributed by atoms with E-state index in [1.807, 2.05) is 52.8 Å². The highest BCUT2D eigenvalue weighted by Crippen LogP contribution is 2.27. The molecule has 0 radical (unpaired) electrons. The molecule has 1 N–H and O–H groups in total. The van der Waals surface area contributed by atoms with E-state index in [4.69, 9.17) is 9.47 Å². The summed E-state index contributed by atoms with van der Waals surface area (Å²) in [4.78, 5) is 29.8. The van der Waals surface area contributed by atoms with Crippen LogP contribution in [-0.2, 0) is 11.8 Å². The molecule has 0 saturated heterocycles. The third-order valence-electron chi connectivity index (χ3n) is 5.48. The number of nitrogens with one attached hydrogen (secondary N) is 1. The number of nitrogens with zero attached hydrogens (tertiary/aromatic N) is 2. The second-order valence-corrected chi connectivity index (χ2v) is 10.4. The van der Waals surface area contributed by atoms with Gasteiger partial charge in [-0.15, -0.1) is 0 Å². The predicted molar refractivity (Wildman–Crippen MR) is 132 cm³/mol. The molecule has 178 valence electrons. The molecule has 3 rings (SSSR count). The quantitative estimate of drug-likeness (QED) is 0.525. The monoisotopic (exact) mass is 453 g/mol. The number of benzene rings is 1. The van der Waals surface area contributed by atoms with Crippen molar-refractivity contribution >= 4 is 27.8 Å². The van der Waals surface area contributed by atoms with Crippen molar-refractivity contribution in [2.45, 2.75) is 66.0 Å². The van der Waals surface area contributed by atoms with Gasteiger partial charge in [0.05, 0.1) is 22.1 Å². The maximum atomic E-state index is 13.1. The first-order valence-electron chi connectivity index (χ1n) is 11.3. The van der Waals surface area contributed by atoms with Gasteiger partial charge in [-0.25, -0.2) is 4.79 Å². The fourth-order valence-corrected chi connectivity index (χ4v) is 4.35. The highest BCUT2D eigenvalue weighted by molar-refractivity contribution is 6.06. The Morgan fingerprint density at radius 3 is 2.45 bits per heavy atom. The maximum Gasteiger partial charge on any atom is 0.408 e. The van der Waals surface area contributed by atoms with E-state index >= 15 is 0 Å². The molecule has 0 aliphatic heterocycles. The van der Waals surface area contributed by atoms with Crippen LogP contribution in [0.3, 0.4) is 0 Å². The number of hydrogen-bond acceptors (Lipinski definition) is 5. The van der Waals surface area contributed by atoms with Crippen molar-refractivity contribution in [3.8, 4) is 5.75 Å². The molecule has 0 aliphatic rings. The zero-order valence-corrected chi connectivity index (χ0v) is 20.9. The number of aromatic nitrogens is 2. The van der Waals surface area contributed by atoms with Gasteiger partial charge < -0.3 is 19.4 Å². The van der Waals surface area contributed by atoms with Crippen LogP contribution in [0.2, 0.25) is 0 Å². The summed E-state index contributed by atoms with van der Waals surface area (Å²) >= 11 is 0. The second kappa shape index (κ2) is 9.04. The number of ether oxygens (including phenoxy) is 2. The fraction of sp³-hybridized carbons (Fsp3) is 0.500. The van der Waals surface area contributed by atoms with Crippen molar-refractivity contribution in [1.29, 1.82) is 0 Å². The van der Waals surface area contributed by atoms with Crippen molar-refractivity contribution < 1.29 is 14.3 Å². The van der Waals surface area contributed by atoms with Gasteiger partial charge in [-0.05, 0) is 76.6 Å². The first-order chi connectivity index (χ1) is 15.3. The van der Waals surface area contributed by atoms with Crippen LogP contribution in [0.4, 0.5) is 4.79 Å². The summed E-state index contributed by atoms with van der Waals surface area (Å²) < 4.78 is 13.2. The van der Waals surface area contributed by atoms with E-state index in [2.05, 4.69) is 24.1 Å². The Bertz CT molecular complexity index is 1240. The SMILES string of the molecule is Cc1nccc2c3ccc(OCC(C)(CC(C)C)NC(=O)OC(C)(C)C)cc3c(=O)n(C)c12. The minimum Gasteiger partial charge on any atom is -0.491 e. The number of aryl methyl sites for hydroxylation is 2. The van der Waals surface area contributed by atoms with Crippen molar-refractivity contribution in [3.63, 3.8) is 0 Å². The normalized spacial score (nSPS) is 13.8. The Labute approximate surface area is 195 Å². The molecule has 7 heteroatoms. The highest BCUT2D eigenvalue weighted by atomic mass is 16.6. The molecule has 7 nitrogen and oxygen atoms in total. The predicted octanol–water partition coefficient (Wildman–Crippen LogP) is 5.10. The summed E-state index contributed by atoms with van der Waals surface area (Å²) in [6, 6.07) is 7.47. The Hall–Kier alpha value is -3.09. The van der Waals surface area contributed by atoms with Crippen LogP contribution in [-0.4, -0.2) is 33.4 Å². The topological polar surface area (TPSA) is 82.5 Å². The summed E-state index contributed by atoms with van der Waals surface area (Å²) in [5.74, 6) is 0.909. The van der Waals surface area contributed by atoms with Gasteiger partial charge in [-0.2, -0.15) is 0 Å². The lowest BCUT2D eigenvalue weighted by Gasteiger charge is -2.33. The minimum absolute atomic E-state index is 0.101. The fourth-order valence-electron chi connectivity index (χ4n) is 4.35. The highest BCUT2D eigenvalue weighted by Gasteiger charge is 2.31. The van der Waals surface area contributed by atoms with Gasteiger partial charge in [0, 0.05) is 18.6 Å². The Kier molecular flexibility index (Phi) is 6.73. The molecule has 1 atom stereocenters. The van der Waals surface area contributed by atoms with Gasteiger partial charge in [0.15, 0.2) is 0 Å². The Balaban J connectivity index is 1.91. The molecule has 3 aromatic rings. The third kappa shape index (κ3) is 5.64. The summed E-state index contributed by atoms with van der Waals surface area (Å²) in [5, 5.41) is 5.40. The van der Waals surface area contributed by atoms with Crippen molar-refractivity contribution in [1.82, 2.24) is 14.9 Å². The molecule has 0 saturated carbocycles. The number of fused-ring (bicyclic) bond motifs is 3. The number of rotatable bonds is 6. The van der Waals surface area contributed by atoms with Gasteiger partial charge >= 0.3 is 6.09 Å². The van der Waals surface area contributed by atoms with Crippen LogP contribution in [0.25, 0.3) is 21.7 Å². The van der Waals surface area contributed by atoms with Gasteiger partial charge in [-0.1, -0.05) is 13.8 Å². The van der Waals surface area contributed by atoms with Crippen LogP contribution in [0.1, 0.15) is 53.7 Å². The molecule has 2 aromatic heterocycles. The molecule has 1 unspecified atom stereocenters. The average molecular weight is 454 g/mol. The maximum absolute atomic E-state index is 13.1. The van der Waals surface area contributed by atoms with Gasteiger partial charge in [0.25, 0.3) is 5.56 Å². The van der Waals surface area contributed by atoms with Crippen molar-refractivity contribution in [3.05, 3.63) is 46.5 Å². The lowest BCUT2D eigenvalue weighted by molar-refractivity contribution is 0.0408. The van der Waals surface area contributed by atoms with Crippen LogP contribution < -0.4 is 15.6 Å². The summed E-state index contributed by atoms with van der Waals surface area (Å²) in [6.07, 6.45) is 1.99. The third-order valence-corrected chi connectivity index (χ3v) is 5.48. The summed E-state index contributed by atoms with van der Waals surface area (Å²) in [5.41, 5.74) is 0.319. The first kappa shape index (κ1) is 24.6. The van der Waals surface area contributed by atoms with E-state index in [0.29, 0.717) is 23.5 Å². The number of carbonyl (C=O) groups is 1. The lowest BCUT2D eigenvalue weighted by Crippen LogP contribution is -2.52. The lowest BCUT2D eigenvalue weighted by atomic mass is 9.91. The Morgan fingerprint density at radius 1 is 1.12 bits per heavy atom. The van der Waals surface area contributed by atoms with Crippen molar-refractivity contribution in [2.75, 3.05) is 6.61 Å². The van der Waals surface area contributed by atoms with Crippen LogP contribution in [0, 0.1) is 12.8 Å². The van der Waals surface area contributed by atoms with Crippen molar-refractivity contribution in [2.24, 2.45) is 13.0 Å². The molecule has 2 heterocycles. The summed E-state index contributed by atoms with van der Waals surface area (Å²) in [7, 11) is 1.76. The van der Waals surface area contributed by atoms with E-state index in [1.165, 1.54) is 0 Å². The average Bonchev–Trinajstić information content (AvgIpc) is 2.68. The second-order valence-electron chi connectivity index (χ2n) is 10.4. The van der Waals surface area contributed by atoms with E-state index in [1.54, 1.807) is 23.9 Å². The number of pyridine rings is 2. The molecule has 0 fully saturated rings. The van der Waals surface area contributed by atoms with Gasteiger partial charge in [0.2, 0.25) is 0 Å². The molecule has 0 aliphatic carbocycles. The standard InChI is InChI=1S/C26H35N3O4/c1-16(2)14-26(7,28-24(31)33-25(4,5)6)15-32-18-9-10-19-20-11-12-27-17(3)22(20)29(8)23(30)21(19)13-18/h9-13,16H,14-15H2,1-8H3,(H,28,31). The van der Waals surface area contributed by atoms with Crippen LogP contribution >= 0.6 is 0 Å². The van der Waals surface area contributed by atoms with E-state index in [-0.39, 0.29) is 12.2 Å². The minimum atomic E-state index is -0.636. The summed E-state index contributed by atoms with van der Waals surface area (Å²) in [6.45, 7) is 13.8.